The molecule has 32 valence electrons. The van der Waals surface area contributed by atoms with Crippen molar-refractivity contribution in [2.75, 3.05) is 7.11 Å². The van der Waals surface area contributed by atoms with E-state index in [1.807, 2.05) is 0 Å². The third-order valence-electron chi connectivity index (χ3n) is 0.236. The molecule has 0 fully saturated rings. The summed E-state index contributed by atoms with van der Waals surface area (Å²) in [6.07, 6.45) is 0. The van der Waals surface area contributed by atoms with Gasteiger partial charge < -0.3 is 8.54 Å². The quantitative estimate of drug-likeness (QED) is 0.378. The lowest BCUT2D eigenvalue weighted by molar-refractivity contribution is 0.376. The Morgan fingerprint density at radius 1 is 1.80 bits per heavy atom. The van der Waals surface area contributed by atoms with Crippen LogP contribution in [0.25, 0.3) is 0 Å². The molecule has 0 saturated heterocycles. The number of hydrogen-bond donors (Lipinski definition) is 0. The lowest BCUT2D eigenvalue weighted by Gasteiger charge is -1.87. The molecule has 0 atom stereocenters. The summed E-state index contributed by atoms with van der Waals surface area (Å²) < 4.78 is 9.39. The van der Waals surface area contributed by atoms with E-state index in [4.69, 9.17) is 4.12 Å². The Kier molecular flexibility index (Phi) is 4.66. The molecular weight excluding hydrogens is 100 g/mol. The van der Waals surface area contributed by atoms with E-state index in [9.17, 15) is 0 Å². The lowest BCUT2D eigenvalue weighted by atomic mass is 11.8. The molecule has 0 spiro atoms. The third kappa shape index (κ3) is 4.35. The van der Waals surface area contributed by atoms with E-state index in [0.717, 1.165) is 10.5 Å². The van der Waals surface area contributed by atoms with Crippen molar-refractivity contribution >= 4 is 20.5 Å². The molecule has 0 bridgehead atoms. The summed E-state index contributed by atoms with van der Waals surface area (Å²) in [5.74, 6) is 0. The summed E-state index contributed by atoms with van der Waals surface area (Å²) in [7, 11) is 2.00. The first-order valence-electron chi connectivity index (χ1n) is 1.39. The molecule has 0 N–H and O–H groups in total. The van der Waals surface area contributed by atoms with Crippen LogP contribution in [0.15, 0.2) is 0 Å². The Bertz CT molecular complexity index is 15.1. The van der Waals surface area contributed by atoms with Crippen LogP contribution in [0.1, 0.15) is 0 Å². The van der Waals surface area contributed by atoms with Crippen LogP contribution in [0.3, 0.4) is 0 Å². The van der Waals surface area contributed by atoms with Gasteiger partial charge >= 0.3 is 0 Å². The molecule has 0 aliphatic carbocycles. The van der Waals surface area contributed by atoms with Crippen LogP contribution >= 0.6 is 0 Å². The fraction of sp³-hybridized carbons (Fsp3) is 1.00. The van der Waals surface area contributed by atoms with Crippen molar-refractivity contribution in [3.05, 3.63) is 0 Å². The minimum absolute atomic E-state index is 0.506. The van der Waals surface area contributed by atoms with E-state index in [1.165, 1.54) is 0 Å². The van der Waals surface area contributed by atoms with Gasteiger partial charge in [-0.15, -0.1) is 0 Å². The van der Waals surface area contributed by atoms with Gasteiger partial charge in [-0.1, -0.05) is 0 Å². The van der Waals surface area contributed by atoms with Crippen LogP contribution in [-0.2, 0) is 8.54 Å². The first-order chi connectivity index (χ1) is 2.41. The molecule has 0 aromatic heterocycles. The van der Waals surface area contributed by atoms with Gasteiger partial charge in [0.25, 0.3) is 10.0 Å². The van der Waals surface area contributed by atoms with Crippen LogP contribution in [-0.4, -0.2) is 27.6 Å². The van der Waals surface area contributed by atoms with Crippen LogP contribution in [0.2, 0.25) is 0 Å². The van der Waals surface area contributed by atoms with E-state index >= 15 is 0 Å². The first-order valence-corrected chi connectivity index (χ1v) is 3.37. The molecule has 0 radical (unpaired) electrons. The van der Waals surface area contributed by atoms with E-state index in [0.29, 0.717) is 0 Å². The first kappa shape index (κ1) is 5.35. The Labute approximate surface area is 37.1 Å². The molecular formula is CH8O2Si2. The zero-order chi connectivity index (χ0) is 4.12. The summed E-state index contributed by atoms with van der Waals surface area (Å²) in [6, 6.07) is 0. The molecule has 0 aliphatic rings. The van der Waals surface area contributed by atoms with Crippen LogP contribution in [0.4, 0.5) is 0 Å². The Balaban J connectivity index is 2.19. The van der Waals surface area contributed by atoms with Crippen molar-refractivity contribution in [1.29, 1.82) is 0 Å². The van der Waals surface area contributed by atoms with Gasteiger partial charge in [0, 0.05) is 7.11 Å². The monoisotopic (exact) mass is 108 g/mol. The predicted molar refractivity (Wildman–Crippen MR) is 26.6 cm³/mol. The number of hydrogen-bond acceptors (Lipinski definition) is 2. The average Bonchev–Trinajstić information content (AvgIpc) is 1.41. The molecule has 0 saturated carbocycles. The molecule has 0 aromatic rings. The van der Waals surface area contributed by atoms with Gasteiger partial charge in [0.2, 0.25) is 0 Å². The molecule has 2 nitrogen and oxygen atoms in total. The van der Waals surface area contributed by atoms with Crippen molar-refractivity contribution in [3.63, 3.8) is 0 Å². The van der Waals surface area contributed by atoms with Gasteiger partial charge in [0.15, 0.2) is 0 Å². The summed E-state index contributed by atoms with van der Waals surface area (Å²) >= 11 is 0. The molecule has 0 aliphatic heterocycles. The Morgan fingerprint density at radius 2 is 2.40 bits per heavy atom. The lowest BCUT2D eigenvalue weighted by Crippen LogP contribution is -1.95. The van der Waals surface area contributed by atoms with Gasteiger partial charge in [0.05, 0.1) is 0 Å². The average molecular weight is 108 g/mol. The Morgan fingerprint density at radius 3 is 2.40 bits per heavy atom. The van der Waals surface area contributed by atoms with Crippen LogP contribution in [0.5, 0.6) is 0 Å². The smallest absolute Gasteiger partial charge is 0.293 e. The minimum Gasteiger partial charge on any atom is -0.449 e. The highest BCUT2D eigenvalue weighted by Crippen LogP contribution is 1.53. The van der Waals surface area contributed by atoms with Crippen molar-refractivity contribution in [1.82, 2.24) is 0 Å². The predicted octanol–water partition coefficient (Wildman–Crippen LogP) is -2.07. The van der Waals surface area contributed by atoms with Crippen molar-refractivity contribution in [2.24, 2.45) is 0 Å². The van der Waals surface area contributed by atoms with E-state index < -0.39 is 10.0 Å². The standard InChI is InChI=1S/CH8O2Si2/c1-2-5-3-4/h5H2,1,4H3. The number of rotatable bonds is 2. The fourth-order valence-electron chi connectivity index (χ4n) is 0.118. The topological polar surface area (TPSA) is 18.5 Å². The normalized spacial score (nSPS) is 11.4. The highest BCUT2D eigenvalue weighted by molar-refractivity contribution is 6.27. The molecule has 0 rings (SSSR count). The van der Waals surface area contributed by atoms with E-state index in [-0.39, 0.29) is 0 Å². The third-order valence-corrected chi connectivity index (χ3v) is 1.41. The maximum absolute atomic E-state index is 4.75. The second-order valence-electron chi connectivity index (χ2n) is 0.695. The van der Waals surface area contributed by atoms with Crippen LogP contribution < -0.4 is 0 Å². The van der Waals surface area contributed by atoms with Gasteiger partial charge in [-0.05, 0) is 0 Å². The van der Waals surface area contributed by atoms with E-state index in [2.05, 4.69) is 4.43 Å². The molecule has 5 heavy (non-hydrogen) atoms. The molecule has 0 unspecified atom stereocenters. The molecule has 0 aromatic carbocycles. The molecule has 0 amide bonds. The summed E-state index contributed by atoms with van der Waals surface area (Å²) in [5, 5.41) is 0. The minimum atomic E-state index is -0.506. The van der Waals surface area contributed by atoms with Crippen molar-refractivity contribution in [2.45, 2.75) is 0 Å². The summed E-state index contributed by atoms with van der Waals surface area (Å²) in [4.78, 5) is 0. The van der Waals surface area contributed by atoms with Gasteiger partial charge in [-0.3, -0.25) is 0 Å². The Hall–Kier alpha value is 0.354. The van der Waals surface area contributed by atoms with Crippen molar-refractivity contribution < 1.29 is 8.54 Å². The highest BCUT2D eigenvalue weighted by atomic mass is 28.3. The zero-order valence-corrected chi connectivity index (χ0v) is 6.94. The van der Waals surface area contributed by atoms with Gasteiger partial charge in [-0.2, -0.15) is 0 Å². The fourth-order valence-corrected chi connectivity index (χ4v) is 1.06. The molecule has 0 heterocycles. The van der Waals surface area contributed by atoms with Gasteiger partial charge in [-0.25, -0.2) is 0 Å². The highest BCUT2D eigenvalue weighted by Gasteiger charge is 1.67. The molecule has 4 heteroatoms. The van der Waals surface area contributed by atoms with E-state index in [1.54, 1.807) is 7.11 Å². The second kappa shape index (κ2) is 4.35. The zero-order valence-electron chi connectivity index (χ0n) is 3.52. The SMILES string of the molecule is CO[SiH2]O[SiH3]. The van der Waals surface area contributed by atoms with Crippen LogP contribution in [0, 0.1) is 0 Å². The maximum atomic E-state index is 4.75. The largest absolute Gasteiger partial charge is 0.449 e. The van der Waals surface area contributed by atoms with Gasteiger partial charge in [0.1, 0.15) is 10.5 Å². The summed E-state index contributed by atoms with van der Waals surface area (Å²) in [6.45, 7) is 0. The maximum Gasteiger partial charge on any atom is 0.293 e. The summed E-state index contributed by atoms with van der Waals surface area (Å²) in [5.41, 5.74) is 0. The van der Waals surface area contributed by atoms with Crippen molar-refractivity contribution in [3.8, 4) is 0 Å². The second-order valence-corrected chi connectivity index (χ2v) is 3.82.